The summed E-state index contributed by atoms with van der Waals surface area (Å²) in [5.74, 6) is -0.885. The van der Waals surface area contributed by atoms with Crippen molar-refractivity contribution in [1.29, 1.82) is 0 Å². The number of aliphatic hydroxyl groups excluding tert-OH is 1. The molecule has 0 fully saturated rings. The van der Waals surface area contributed by atoms with Crippen molar-refractivity contribution in [2.45, 2.75) is 78.2 Å². The van der Waals surface area contributed by atoms with E-state index in [2.05, 4.69) is 36.7 Å². The van der Waals surface area contributed by atoms with Crippen molar-refractivity contribution < 1.29 is 19.8 Å². The van der Waals surface area contributed by atoms with Crippen molar-refractivity contribution in [3.8, 4) is 0 Å². The van der Waals surface area contributed by atoms with E-state index in [1.54, 1.807) is 6.08 Å². The summed E-state index contributed by atoms with van der Waals surface area (Å²) in [5, 5.41) is 19.0. The summed E-state index contributed by atoms with van der Waals surface area (Å²) in [4.78, 5) is 22.8. The number of halogens is 1. The van der Waals surface area contributed by atoms with Crippen LogP contribution < -0.4 is 0 Å². The Hall–Kier alpha value is -1.20. The van der Waals surface area contributed by atoms with Gasteiger partial charge in [-0.05, 0) is 53.4 Å². The standard InChI is InChI=1S/C22H33BrO4/c1-4-13-22(2,3)15-17(24)12-11-16-14-19(23)21(27)18(16)9-7-5-6-8-10-20(25)26/h9,11-12,14,16-17,24H,4-8,10,13,15H2,1-3H3,(H,25,26). The second-order valence-electron chi connectivity index (χ2n) is 8.09. The molecule has 0 saturated heterocycles. The zero-order chi connectivity index (χ0) is 20.4. The number of hydrogen-bond donors (Lipinski definition) is 2. The van der Waals surface area contributed by atoms with Crippen LogP contribution in [-0.2, 0) is 9.59 Å². The van der Waals surface area contributed by atoms with Crippen LogP contribution in [0.5, 0.6) is 0 Å². The van der Waals surface area contributed by atoms with E-state index < -0.39 is 12.1 Å². The third-order valence-corrected chi connectivity index (χ3v) is 5.48. The first-order chi connectivity index (χ1) is 12.7. The minimum Gasteiger partial charge on any atom is -0.481 e. The van der Waals surface area contributed by atoms with Gasteiger partial charge >= 0.3 is 5.97 Å². The zero-order valence-corrected chi connectivity index (χ0v) is 18.3. The van der Waals surface area contributed by atoms with Gasteiger partial charge in [-0.15, -0.1) is 0 Å². The summed E-state index contributed by atoms with van der Waals surface area (Å²) >= 11 is 3.32. The predicted molar refractivity (Wildman–Crippen MR) is 113 cm³/mol. The molecular weight excluding hydrogens is 408 g/mol. The second-order valence-corrected chi connectivity index (χ2v) is 8.95. The van der Waals surface area contributed by atoms with Crippen LogP contribution in [0.15, 0.2) is 34.4 Å². The number of aliphatic hydroxyl groups is 1. The SMILES string of the molecule is CCCC(C)(C)CC(O)C=CC1C=C(Br)C(=O)C1=CCCCCCC(=O)O. The quantitative estimate of drug-likeness (QED) is 0.236. The predicted octanol–water partition coefficient (Wildman–Crippen LogP) is 5.56. The first-order valence-corrected chi connectivity index (χ1v) is 10.7. The van der Waals surface area contributed by atoms with Gasteiger partial charge in [0.05, 0.1) is 10.6 Å². The zero-order valence-electron chi connectivity index (χ0n) is 16.7. The number of unbranched alkanes of at least 4 members (excludes halogenated alkanes) is 3. The van der Waals surface area contributed by atoms with Gasteiger partial charge in [0.25, 0.3) is 0 Å². The molecule has 1 rings (SSSR count). The molecular formula is C22H33BrO4. The first-order valence-electron chi connectivity index (χ1n) is 9.86. The molecule has 2 unspecified atom stereocenters. The Labute approximate surface area is 171 Å². The van der Waals surface area contributed by atoms with E-state index in [1.165, 1.54) is 0 Å². The van der Waals surface area contributed by atoms with E-state index in [0.717, 1.165) is 37.7 Å². The highest BCUT2D eigenvalue weighted by Crippen LogP contribution is 2.33. The molecule has 152 valence electrons. The summed E-state index contributed by atoms with van der Waals surface area (Å²) in [6, 6.07) is 0. The Morgan fingerprint density at radius 3 is 2.67 bits per heavy atom. The molecule has 5 heteroatoms. The molecule has 4 nitrogen and oxygen atoms in total. The van der Waals surface area contributed by atoms with Gasteiger partial charge in [0, 0.05) is 17.9 Å². The lowest BCUT2D eigenvalue weighted by molar-refractivity contribution is -0.137. The molecule has 1 aliphatic rings. The van der Waals surface area contributed by atoms with Crippen LogP contribution in [0.4, 0.5) is 0 Å². The van der Waals surface area contributed by atoms with Crippen LogP contribution in [0.25, 0.3) is 0 Å². The molecule has 0 amide bonds. The van der Waals surface area contributed by atoms with Crippen molar-refractivity contribution >= 4 is 27.7 Å². The fraction of sp³-hybridized carbons (Fsp3) is 0.636. The summed E-state index contributed by atoms with van der Waals surface area (Å²) in [6.07, 6.45) is 13.2. The number of carbonyl (C=O) groups is 2. The Morgan fingerprint density at radius 2 is 2.04 bits per heavy atom. The average Bonchev–Trinajstić information content (AvgIpc) is 2.82. The molecule has 0 aromatic rings. The Balaban J connectivity index is 2.61. The molecule has 0 aliphatic heterocycles. The van der Waals surface area contributed by atoms with Gasteiger partial charge in [0.2, 0.25) is 0 Å². The average molecular weight is 441 g/mol. The van der Waals surface area contributed by atoms with E-state index in [-0.39, 0.29) is 23.5 Å². The van der Waals surface area contributed by atoms with Crippen LogP contribution >= 0.6 is 15.9 Å². The van der Waals surface area contributed by atoms with Gasteiger partial charge < -0.3 is 10.2 Å². The Kier molecular flexibility index (Phi) is 10.2. The van der Waals surface area contributed by atoms with Gasteiger partial charge in [0.15, 0.2) is 5.78 Å². The number of Topliss-reactive ketones (excluding diaryl/α,β-unsaturated/α-hetero) is 1. The smallest absolute Gasteiger partial charge is 0.303 e. The molecule has 1 aliphatic carbocycles. The lowest BCUT2D eigenvalue weighted by Crippen LogP contribution is -2.19. The third-order valence-electron chi connectivity index (χ3n) is 4.85. The number of aliphatic carboxylic acids is 1. The number of rotatable bonds is 12. The molecule has 0 bridgehead atoms. The molecule has 0 radical (unpaired) electrons. The van der Waals surface area contributed by atoms with Gasteiger partial charge in [-0.1, -0.05) is 57.9 Å². The fourth-order valence-corrected chi connectivity index (χ4v) is 4.03. The van der Waals surface area contributed by atoms with Crippen molar-refractivity contribution in [1.82, 2.24) is 0 Å². The van der Waals surface area contributed by atoms with E-state index in [4.69, 9.17) is 5.11 Å². The number of allylic oxidation sites excluding steroid dienone is 5. The van der Waals surface area contributed by atoms with Crippen molar-refractivity contribution in [2.24, 2.45) is 11.3 Å². The number of carboxylic acids is 1. The normalized spacial score (nSPS) is 20.5. The monoisotopic (exact) mass is 440 g/mol. The molecule has 2 N–H and O–H groups in total. The number of ketones is 1. The van der Waals surface area contributed by atoms with Crippen LogP contribution in [0.2, 0.25) is 0 Å². The van der Waals surface area contributed by atoms with E-state index in [0.29, 0.717) is 17.3 Å². The number of carboxylic acid groups (broad SMARTS) is 1. The van der Waals surface area contributed by atoms with Gasteiger partial charge in [-0.2, -0.15) is 0 Å². The maximum absolute atomic E-state index is 12.3. The highest BCUT2D eigenvalue weighted by atomic mass is 79.9. The van der Waals surface area contributed by atoms with Gasteiger partial charge in [0.1, 0.15) is 0 Å². The van der Waals surface area contributed by atoms with Crippen molar-refractivity contribution in [3.05, 3.63) is 34.4 Å². The fourth-order valence-electron chi connectivity index (χ4n) is 3.52. The summed E-state index contributed by atoms with van der Waals surface area (Å²) in [6.45, 7) is 6.48. The lowest BCUT2D eigenvalue weighted by Gasteiger charge is -2.25. The first kappa shape index (κ1) is 23.8. The highest BCUT2D eigenvalue weighted by molar-refractivity contribution is 9.12. The van der Waals surface area contributed by atoms with Crippen LogP contribution in [-0.4, -0.2) is 28.1 Å². The summed E-state index contributed by atoms with van der Waals surface area (Å²) in [5.41, 5.74) is 0.825. The van der Waals surface area contributed by atoms with Crippen LogP contribution in [0, 0.1) is 11.3 Å². The largest absolute Gasteiger partial charge is 0.481 e. The number of carbonyl (C=O) groups excluding carboxylic acids is 1. The maximum Gasteiger partial charge on any atom is 0.303 e. The van der Waals surface area contributed by atoms with Gasteiger partial charge in [-0.3, -0.25) is 9.59 Å². The number of hydrogen-bond acceptors (Lipinski definition) is 3. The minimum atomic E-state index is -0.765. The third kappa shape index (κ3) is 9.02. The second kappa shape index (κ2) is 11.6. The summed E-state index contributed by atoms with van der Waals surface area (Å²) < 4.78 is 0.565. The minimum absolute atomic E-state index is 0.00371. The summed E-state index contributed by atoms with van der Waals surface area (Å²) in [7, 11) is 0. The molecule has 27 heavy (non-hydrogen) atoms. The van der Waals surface area contributed by atoms with Crippen LogP contribution in [0.3, 0.4) is 0 Å². The molecule has 0 spiro atoms. The molecule has 2 atom stereocenters. The molecule has 0 saturated carbocycles. The van der Waals surface area contributed by atoms with E-state index in [9.17, 15) is 14.7 Å². The molecule has 0 heterocycles. The maximum atomic E-state index is 12.3. The highest BCUT2D eigenvalue weighted by Gasteiger charge is 2.27. The Bertz CT molecular complexity index is 601. The topological polar surface area (TPSA) is 74.6 Å². The van der Waals surface area contributed by atoms with Crippen molar-refractivity contribution in [3.63, 3.8) is 0 Å². The van der Waals surface area contributed by atoms with Crippen LogP contribution in [0.1, 0.15) is 72.1 Å². The van der Waals surface area contributed by atoms with Gasteiger partial charge in [-0.25, -0.2) is 0 Å². The van der Waals surface area contributed by atoms with Crippen molar-refractivity contribution in [2.75, 3.05) is 0 Å². The molecule has 0 aromatic heterocycles. The van der Waals surface area contributed by atoms with E-state index >= 15 is 0 Å². The van der Waals surface area contributed by atoms with E-state index in [1.807, 2.05) is 18.2 Å². The Morgan fingerprint density at radius 1 is 1.33 bits per heavy atom. The molecule has 0 aromatic carbocycles. The lowest BCUT2D eigenvalue weighted by atomic mass is 9.82.